The number of hydrogen-bond donors (Lipinski definition) is 0. The highest BCUT2D eigenvalue weighted by molar-refractivity contribution is 5.82. The van der Waals surface area contributed by atoms with Crippen LogP contribution in [-0.2, 0) is 19.4 Å². The summed E-state index contributed by atoms with van der Waals surface area (Å²) in [6.07, 6.45) is 4.19. The molecule has 1 aromatic carbocycles. The van der Waals surface area contributed by atoms with Crippen LogP contribution in [0, 0.1) is 10.1 Å². The number of nitro groups is 1. The van der Waals surface area contributed by atoms with Crippen LogP contribution in [0.3, 0.4) is 0 Å². The van der Waals surface area contributed by atoms with Crippen LogP contribution in [0.1, 0.15) is 23.1 Å². The minimum atomic E-state index is -0.555. The third-order valence-electron chi connectivity index (χ3n) is 4.56. The monoisotopic (exact) mass is 338 g/mol. The highest BCUT2D eigenvalue weighted by atomic mass is 16.6. The van der Waals surface area contributed by atoms with Gasteiger partial charge >= 0.3 is 5.63 Å². The molecule has 0 fully saturated rings. The smallest absolute Gasteiger partial charge is 0.336 e. The number of hydrogen-bond acceptors (Lipinski definition) is 5. The van der Waals surface area contributed by atoms with Crippen molar-refractivity contribution in [3.05, 3.63) is 84.1 Å². The number of pyridine rings is 1. The normalized spacial score (nSPS) is 13.1. The van der Waals surface area contributed by atoms with Crippen molar-refractivity contribution in [1.82, 2.24) is 4.57 Å². The first-order valence-electron chi connectivity index (χ1n) is 7.95. The molecule has 0 aliphatic heterocycles. The SMILES string of the molecule is O=c1cc(Cn2cc([N+](=O)[O-])ccc2=O)c2cc3c(cc2o1)CCC3. The maximum absolute atomic E-state index is 12.0. The molecule has 7 nitrogen and oxygen atoms in total. The molecule has 0 atom stereocenters. The molecule has 2 heterocycles. The molecule has 0 saturated carbocycles. The van der Waals surface area contributed by atoms with E-state index in [0.29, 0.717) is 11.1 Å². The average Bonchev–Trinajstić information content (AvgIpc) is 3.02. The molecular weight excluding hydrogens is 324 g/mol. The van der Waals surface area contributed by atoms with E-state index in [2.05, 4.69) is 0 Å². The van der Waals surface area contributed by atoms with Gasteiger partial charge in [0, 0.05) is 23.6 Å². The van der Waals surface area contributed by atoms with E-state index >= 15 is 0 Å². The highest BCUT2D eigenvalue weighted by Gasteiger charge is 2.16. The maximum Gasteiger partial charge on any atom is 0.336 e. The zero-order chi connectivity index (χ0) is 17.6. The lowest BCUT2D eigenvalue weighted by atomic mass is 10.0. The predicted molar refractivity (Wildman–Crippen MR) is 91.0 cm³/mol. The molecule has 0 N–H and O–H groups in total. The van der Waals surface area contributed by atoms with Crippen molar-refractivity contribution in [3.8, 4) is 0 Å². The van der Waals surface area contributed by atoms with Crippen molar-refractivity contribution in [3.63, 3.8) is 0 Å². The fourth-order valence-electron chi connectivity index (χ4n) is 3.36. The largest absolute Gasteiger partial charge is 0.423 e. The van der Waals surface area contributed by atoms with E-state index in [1.54, 1.807) is 0 Å². The first-order valence-corrected chi connectivity index (χ1v) is 7.95. The summed E-state index contributed by atoms with van der Waals surface area (Å²) in [6, 6.07) is 7.55. The molecule has 2 aromatic heterocycles. The molecule has 0 spiro atoms. The summed E-state index contributed by atoms with van der Waals surface area (Å²) in [6.45, 7) is 0.0708. The van der Waals surface area contributed by atoms with Crippen molar-refractivity contribution in [2.75, 3.05) is 0 Å². The third kappa shape index (κ3) is 2.73. The Labute approximate surface area is 141 Å². The Bertz CT molecular complexity index is 1130. The molecule has 25 heavy (non-hydrogen) atoms. The molecule has 0 bridgehead atoms. The number of fused-ring (bicyclic) bond motifs is 2. The summed E-state index contributed by atoms with van der Waals surface area (Å²) in [5.74, 6) is 0. The first kappa shape index (κ1) is 15.3. The lowest BCUT2D eigenvalue weighted by Crippen LogP contribution is -2.20. The standard InChI is InChI=1S/C18H14N2O5/c21-17-5-4-14(20(23)24)10-19(17)9-13-8-18(22)25-16-7-12-3-1-2-11(12)6-15(13)16/h4-8,10H,1-3,9H2. The second kappa shape index (κ2) is 5.70. The van der Waals surface area contributed by atoms with Gasteiger partial charge in [0.1, 0.15) is 5.58 Å². The van der Waals surface area contributed by atoms with E-state index in [0.717, 1.165) is 30.7 Å². The second-order valence-corrected chi connectivity index (χ2v) is 6.17. The van der Waals surface area contributed by atoms with Gasteiger partial charge in [0.2, 0.25) is 0 Å². The van der Waals surface area contributed by atoms with Gasteiger partial charge in [-0.2, -0.15) is 0 Å². The molecule has 0 saturated heterocycles. The molecule has 126 valence electrons. The summed E-state index contributed by atoms with van der Waals surface area (Å²) in [5.41, 5.74) is 2.46. The van der Waals surface area contributed by atoms with Gasteiger partial charge in [-0.05, 0) is 48.1 Å². The van der Waals surface area contributed by atoms with Crippen LogP contribution < -0.4 is 11.2 Å². The Hall–Kier alpha value is -3.22. The van der Waals surface area contributed by atoms with Gasteiger partial charge in [-0.15, -0.1) is 0 Å². The van der Waals surface area contributed by atoms with Gasteiger partial charge in [0.25, 0.3) is 11.2 Å². The number of aromatic nitrogens is 1. The fraction of sp³-hybridized carbons (Fsp3) is 0.222. The number of aryl methyl sites for hydroxylation is 2. The summed E-state index contributed by atoms with van der Waals surface area (Å²) in [7, 11) is 0. The van der Waals surface area contributed by atoms with E-state index in [-0.39, 0.29) is 17.8 Å². The topological polar surface area (TPSA) is 95.4 Å². The lowest BCUT2D eigenvalue weighted by Gasteiger charge is -2.09. The lowest BCUT2D eigenvalue weighted by molar-refractivity contribution is -0.385. The van der Waals surface area contributed by atoms with E-state index in [4.69, 9.17) is 4.42 Å². The van der Waals surface area contributed by atoms with Crippen LogP contribution in [0.2, 0.25) is 0 Å². The molecule has 3 aromatic rings. The van der Waals surface area contributed by atoms with Crippen LogP contribution in [0.4, 0.5) is 5.69 Å². The third-order valence-corrected chi connectivity index (χ3v) is 4.56. The van der Waals surface area contributed by atoms with Gasteiger partial charge < -0.3 is 8.98 Å². The summed E-state index contributed by atoms with van der Waals surface area (Å²) in [4.78, 5) is 34.3. The van der Waals surface area contributed by atoms with Crippen LogP contribution in [0.15, 0.2) is 50.5 Å². The van der Waals surface area contributed by atoms with E-state index in [9.17, 15) is 19.7 Å². The minimum absolute atomic E-state index is 0.0708. The molecule has 4 rings (SSSR count). The summed E-state index contributed by atoms with van der Waals surface area (Å²) >= 11 is 0. The summed E-state index contributed by atoms with van der Waals surface area (Å²) < 4.78 is 6.54. The molecule has 1 aliphatic rings. The molecular formula is C18H14N2O5. The molecule has 1 aliphatic carbocycles. The van der Waals surface area contributed by atoms with E-state index in [1.807, 2.05) is 12.1 Å². The fourth-order valence-corrected chi connectivity index (χ4v) is 3.36. The highest BCUT2D eigenvalue weighted by Crippen LogP contribution is 2.28. The molecule has 0 radical (unpaired) electrons. The number of benzene rings is 1. The quantitative estimate of drug-likeness (QED) is 0.415. The molecule has 0 unspecified atom stereocenters. The van der Waals surface area contributed by atoms with Crippen molar-refractivity contribution in [2.24, 2.45) is 0 Å². The Morgan fingerprint density at radius 2 is 1.88 bits per heavy atom. The van der Waals surface area contributed by atoms with Crippen LogP contribution in [-0.4, -0.2) is 9.49 Å². The Balaban J connectivity index is 1.87. The Morgan fingerprint density at radius 3 is 2.64 bits per heavy atom. The predicted octanol–water partition coefficient (Wildman–Crippen LogP) is 2.40. The average molecular weight is 338 g/mol. The van der Waals surface area contributed by atoms with Crippen molar-refractivity contribution in [1.29, 1.82) is 0 Å². The molecule has 7 heteroatoms. The van der Waals surface area contributed by atoms with E-state index in [1.165, 1.54) is 34.0 Å². The van der Waals surface area contributed by atoms with Gasteiger partial charge in [-0.25, -0.2) is 4.79 Å². The van der Waals surface area contributed by atoms with Crippen LogP contribution in [0.5, 0.6) is 0 Å². The van der Waals surface area contributed by atoms with Crippen molar-refractivity contribution >= 4 is 16.7 Å². The summed E-state index contributed by atoms with van der Waals surface area (Å²) in [5, 5.41) is 11.7. The second-order valence-electron chi connectivity index (χ2n) is 6.17. The number of nitrogens with zero attached hydrogens (tertiary/aromatic N) is 2. The van der Waals surface area contributed by atoms with Crippen LogP contribution >= 0.6 is 0 Å². The van der Waals surface area contributed by atoms with Gasteiger partial charge in [0.05, 0.1) is 17.7 Å². The zero-order valence-corrected chi connectivity index (χ0v) is 13.2. The minimum Gasteiger partial charge on any atom is -0.423 e. The van der Waals surface area contributed by atoms with Crippen LogP contribution in [0.25, 0.3) is 11.0 Å². The molecule has 0 amide bonds. The van der Waals surface area contributed by atoms with Gasteiger partial charge in [-0.1, -0.05) is 0 Å². The van der Waals surface area contributed by atoms with Crippen molar-refractivity contribution in [2.45, 2.75) is 25.8 Å². The van der Waals surface area contributed by atoms with E-state index < -0.39 is 10.5 Å². The Morgan fingerprint density at radius 1 is 1.12 bits per heavy atom. The number of rotatable bonds is 3. The van der Waals surface area contributed by atoms with Crippen molar-refractivity contribution < 1.29 is 9.34 Å². The zero-order valence-electron chi connectivity index (χ0n) is 13.2. The van der Waals surface area contributed by atoms with Gasteiger partial charge in [-0.3, -0.25) is 14.9 Å². The van der Waals surface area contributed by atoms with Gasteiger partial charge in [0.15, 0.2) is 0 Å². The Kier molecular flexibility index (Phi) is 3.49. The maximum atomic E-state index is 12.0. The first-order chi connectivity index (χ1) is 12.0.